The van der Waals surface area contributed by atoms with E-state index in [1.54, 1.807) is 6.92 Å². The summed E-state index contributed by atoms with van der Waals surface area (Å²) in [7, 11) is 0. The summed E-state index contributed by atoms with van der Waals surface area (Å²) in [5.74, 6) is 4.10. The van der Waals surface area contributed by atoms with Crippen LogP contribution in [0.1, 0.15) is 113 Å². The highest BCUT2D eigenvalue weighted by atomic mass is 16.5. The maximum atomic E-state index is 11.7. The van der Waals surface area contributed by atoms with Crippen LogP contribution in [0.5, 0.6) is 0 Å². The SMILES string of the molecule is C=C(CC[C@@H](C)[C@H]1CC[C@@H]2C3=C(CC[C@@]21C)[C@@]1(C)CC[C@H](OC(C)=O)[C@@H](C)[C@H]1CC3)C(C)C. The van der Waals surface area contributed by atoms with Gasteiger partial charge >= 0.3 is 5.97 Å². The van der Waals surface area contributed by atoms with Gasteiger partial charge in [-0.2, -0.15) is 0 Å². The van der Waals surface area contributed by atoms with Crippen molar-refractivity contribution in [1.82, 2.24) is 0 Å². The van der Waals surface area contributed by atoms with Gasteiger partial charge in [-0.05, 0) is 111 Å². The van der Waals surface area contributed by atoms with Gasteiger partial charge in [0.25, 0.3) is 0 Å². The third kappa shape index (κ3) is 4.27. The Balaban J connectivity index is 1.52. The molecular weight excluding hydrogens is 404 g/mol. The Morgan fingerprint density at radius 1 is 1.09 bits per heavy atom. The topological polar surface area (TPSA) is 26.3 Å². The van der Waals surface area contributed by atoms with Gasteiger partial charge < -0.3 is 4.74 Å². The van der Waals surface area contributed by atoms with Crippen molar-refractivity contribution in [3.8, 4) is 0 Å². The lowest BCUT2D eigenvalue weighted by Crippen LogP contribution is -2.49. The number of rotatable bonds is 6. The second-order valence-electron chi connectivity index (χ2n) is 13.2. The molecule has 0 aliphatic heterocycles. The zero-order chi connectivity index (χ0) is 24.1. The fraction of sp³-hybridized carbons (Fsp3) is 0.839. The summed E-state index contributed by atoms with van der Waals surface area (Å²) in [5.41, 5.74) is 5.96. The van der Waals surface area contributed by atoms with Gasteiger partial charge in [0.05, 0.1) is 0 Å². The number of hydrogen-bond acceptors (Lipinski definition) is 2. The normalized spacial score (nSPS) is 41.3. The predicted octanol–water partition coefficient (Wildman–Crippen LogP) is 8.52. The largest absolute Gasteiger partial charge is 0.462 e. The first-order valence-corrected chi connectivity index (χ1v) is 14.1. The van der Waals surface area contributed by atoms with Crippen LogP contribution >= 0.6 is 0 Å². The van der Waals surface area contributed by atoms with Crippen molar-refractivity contribution in [2.45, 2.75) is 119 Å². The van der Waals surface area contributed by atoms with Gasteiger partial charge in [-0.15, -0.1) is 0 Å². The summed E-state index contributed by atoms with van der Waals surface area (Å²) < 4.78 is 5.75. The molecule has 4 rings (SSSR count). The molecule has 0 radical (unpaired) electrons. The van der Waals surface area contributed by atoms with Gasteiger partial charge in [0.15, 0.2) is 0 Å². The minimum Gasteiger partial charge on any atom is -0.462 e. The average Bonchev–Trinajstić information content (AvgIpc) is 3.11. The van der Waals surface area contributed by atoms with E-state index in [2.05, 4.69) is 48.1 Å². The highest BCUT2D eigenvalue weighted by molar-refractivity contribution is 5.66. The molecule has 33 heavy (non-hydrogen) atoms. The molecule has 0 unspecified atom stereocenters. The summed E-state index contributed by atoms with van der Waals surface area (Å²) in [6.07, 6.45) is 12.9. The van der Waals surface area contributed by atoms with E-state index >= 15 is 0 Å². The van der Waals surface area contributed by atoms with E-state index in [4.69, 9.17) is 4.74 Å². The van der Waals surface area contributed by atoms with E-state index in [1.807, 2.05) is 11.1 Å². The molecule has 2 fully saturated rings. The van der Waals surface area contributed by atoms with Crippen molar-refractivity contribution in [2.75, 3.05) is 0 Å². The molecule has 4 aliphatic rings. The quantitative estimate of drug-likeness (QED) is 0.297. The Labute approximate surface area is 204 Å². The molecule has 4 aliphatic carbocycles. The van der Waals surface area contributed by atoms with Gasteiger partial charge in [-0.25, -0.2) is 0 Å². The summed E-state index contributed by atoms with van der Waals surface area (Å²) in [5, 5.41) is 0. The molecule has 2 heteroatoms. The molecular formula is C31H50O2. The second kappa shape index (κ2) is 9.19. The number of carbonyl (C=O) groups is 1. The molecule has 0 aromatic rings. The molecule has 0 bridgehead atoms. The van der Waals surface area contributed by atoms with E-state index in [0.717, 1.165) is 24.2 Å². The maximum absolute atomic E-state index is 11.7. The van der Waals surface area contributed by atoms with Gasteiger partial charge in [0.1, 0.15) is 6.10 Å². The maximum Gasteiger partial charge on any atom is 0.302 e. The van der Waals surface area contributed by atoms with Gasteiger partial charge in [0, 0.05) is 6.92 Å². The summed E-state index contributed by atoms with van der Waals surface area (Å²) in [6.45, 7) is 20.6. The second-order valence-corrected chi connectivity index (χ2v) is 13.2. The predicted molar refractivity (Wildman–Crippen MR) is 138 cm³/mol. The highest BCUT2D eigenvalue weighted by Crippen LogP contribution is 2.66. The van der Waals surface area contributed by atoms with Crippen molar-refractivity contribution >= 4 is 5.97 Å². The van der Waals surface area contributed by atoms with E-state index in [0.29, 0.717) is 28.6 Å². The fourth-order valence-electron chi connectivity index (χ4n) is 9.15. The third-order valence-electron chi connectivity index (χ3n) is 11.3. The van der Waals surface area contributed by atoms with E-state index in [1.165, 1.54) is 63.4 Å². The lowest BCUT2D eigenvalue weighted by atomic mass is 9.49. The molecule has 186 valence electrons. The number of allylic oxidation sites excluding steroid dienone is 3. The van der Waals surface area contributed by atoms with Crippen LogP contribution in [0.25, 0.3) is 0 Å². The molecule has 0 aromatic carbocycles. The monoisotopic (exact) mass is 454 g/mol. The highest BCUT2D eigenvalue weighted by Gasteiger charge is 2.57. The lowest BCUT2D eigenvalue weighted by molar-refractivity contribution is -0.155. The average molecular weight is 455 g/mol. The standard InChI is InChI=1S/C31H50O2/c1-19(2)20(3)9-10-21(4)25-13-14-27-24-11-12-26-22(5)29(33-23(6)32)16-18-31(26,8)28(24)15-17-30(25,27)7/h19,21-22,25-27,29H,3,9-18H2,1-2,4-8H3/t21-,22+,25-,26-,27-,29+,30-,31+/m1/s1. The van der Waals surface area contributed by atoms with E-state index in [9.17, 15) is 4.79 Å². The van der Waals surface area contributed by atoms with Crippen LogP contribution in [0.3, 0.4) is 0 Å². The molecule has 0 saturated heterocycles. The minimum atomic E-state index is -0.109. The number of ether oxygens (including phenoxy) is 1. The van der Waals surface area contributed by atoms with Crippen LogP contribution in [-0.4, -0.2) is 12.1 Å². The van der Waals surface area contributed by atoms with Gasteiger partial charge in [0.2, 0.25) is 0 Å². The zero-order valence-electron chi connectivity index (χ0n) is 22.6. The molecule has 0 aromatic heterocycles. The minimum absolute atomic E-state index is 0.109. The molecule has 2 saturated carbocycles. The molecule has 0 heterocycles. The van der Waals surface area contributed by atoms with Gasteiger partial charge in [-0.3, -0.25) is 4.79 Å². The van der Waals surface area contributed by atoms with Crippen LogP contribution < -0.4 is 0 Å². The number of hydrogen-bond donors (Lipinski definition) is 0. The van der Waals surface area contributed by atoms with Crippen molar-refractivity contribution in [3.63, 3.8) is 0 Å². The van der Waals surface area contributed by atoms with Crippen molar-refractivity contribution in [1.29, 1.82) is 0 Å². The first-order valence-electron chi connectivity index (χ1n) is 14.1. The van der Waals surface area contributed by atoms with E-state index < -0.39 is 0 Å². The lowest BCUT2D eigenvalue weighted by Gasteiger charge is -2.57. The smallest absolute Gasteiger partial charge is 0.302 e. The van der Waals surface area contributed by atoms with Crippen molar-refractivity contribution in [3.05, 3.63) is 23.3 Å². The van der Waals surface area contributed by atoms with Crippen LogP contribution in [0.4, 0.5) is 0 Å². The Kier molecular flexibility index (Phi) is 6.98. The molecule has 0 spiro atoms. The molecule has 8 atom stereocenters. The van der Waals surface area contributed by atoms with Crippen LogP contribution in [0.15, 0.2) is 23.3 Å². The van der Waals surface area contributed by atoms with Crippen LogP contribution in [0.2, 0.25) is 0 Å². The fourth-order valence-corrected chi connectivity index (χ4v) is 9.15. The Morgan fingerprint density at radius 3 is 2.48 bits per heavy atom. The Bertz CT molecular complexity index is 806. The van der Waals surface area contributed by atoms with Crippen LogP contribution in [0, 0.1) is 46.3 Å². The Morgan fingerprint density at radius 2 is 1.82 bits per heavy atom. The van der Waals surface area contributed by atoms with Crippen molar-refractivity contribution in [2.24, 2.45) is 46.3 Å². The molecule has 0 N–H and O–H groups in total. The number of carbonyl (C=O) groups excluding carboxylic acids is 1. The van der Waals surface area contributed by atoms with E-state index in [-0.39, 0.29) is 12.1 Å². The summed E-state index contributed by atoms with van der Waals surface area (Å²) in [6, 6.07) is 0. The third-order valence-corrected chi connectivity index (χ3v) is 11.3. The first-order chi connectivity index (χ1) is 15.5. The summed E-state index contributed by atoms with van der Waals surface area (Å²) in [4.78, 5) is 11.7. The number of fused-ring (bicyclic) bond motifs is 4. The summed E-state index contributed by atoms with van der Waals surface area (Å²) >= 11 is 0. The van der Waals surface area contributed by atoms with Crippen molar-refractivity contribution < 1.29 is 9.53 Å². The Hall–Kier alpha value is -1.05. The van der Waals surface area contributed by atoms with Crippen LogP contribution in [-0.2, 0) is 9.53 Å². The first kappa shape index (κ1) is 25.1. The zero-order valence-corrected chi connectivity index (χ0v) is 22.6. The molecule has 0 amide bonds. The van der Waals surface area contributed by atoms with Gasteiger partial charge in [-0.1, -0.05) is 64.8 Å². The number of esters is 1. The molecule has 2 nitrogen and oxygen atoms in total.